The minimum absolute atomic E-state index is 0.0747. The minimum atomic E-state index is -0.482. The van der Waals surface area contributed by atoms with Crippen molar-refractivity contribution in [2.24, 2.45) is 5.41 Å². The number of para-hydroxylation sites is 1. The fraction of sp³-hybridized carbons (Fsp3) is 0.273. The third kappa shape index (κ3) is 3.27. The Morgan fingerprint density at radius 3 is 2.54 bits per heavy atom. The number of esters is 1. The van der Waals surface area contributed by atoms with E-state index >= 15 is 0 Å². The summed E-state index contributed by atoms with van der Waals surface area (Å²) in [4.78, 5) is 24.5. The number of hydrogen-bond acceptors (Lipinski definition) is 3. The summed E-state index contributed by atoms with van der Waals surface area (Å²) >= 11 is 6.30. The van der Waals surface area contributed by atoms with Crippen LogP contribution < -0.4 is 5.32 Å². The topological polar surface area (TPSA) is 60.3 Å². The molecule has 1 saturated carbocycles. The van der Waals surface area contributed by atoms with Gasteiger partial charge in [0.1, 0.15) is 0 Å². The predicted octanol–water partition coefficient (Wildman–Crippen LogP) is 4.49. The Hall–Kier alpha value is -2.79. The molecule has 1 amide bonds. The standard InChI is InChI=1S/C22H21ClN2O3/c1-22(8-9-22)21(27)24-13-16-10-14-11-18(23)17(20(26)28-2)12-19(14)25(16)15-6-4-3-5-7-15/h3-7,10-12H,8-9,13H2,1-2H3,(H,24,27). The van der Waals surface area contributed by atoms with E-state index in [9.17, 15) is 9.59 Å². The number of carbonyl (C=O) groups is 2. The molecule has 0 saturated heterocycles. The van der Waals surface area contributed by atoms with E-state index in [1.54, 1.807) is 12.1 Å². The van der Waals surface area contributed by atoms with Gasteiger partial charge >= 0.3 is 5.97 Å². The SMILES string of the molecule is COC(=O)c1cc2c(cc1Cl)cc(CNC(=O)C1(C)CC1)n2-c1ccccc1. The Morgan fingerprint density at radius 1 is 1.18 bits per heavy atom. The average molecular weight is 397 g/mol. The van der Waals surface area contributed by atoms with Gasteiger partial charge in [0.05, 0.1) is 29.8 Å². The van der Waals surface area contributed by atoms with Crippen LogP contribution in [0.1, 0.15) is 35.8 Å². The van der Waals surface area contributed by atoms with Crippen molar-refractivity contribution in [2.75, 3.05) is 7.11 Å². The van der Waals surface area contributed by atoms with Crippen molar-refractivity contribution in [3.8, 4) is 5.69 Å². The van der Waals surface area contributed by atoms with Crippen LogP contribution in [0.15, 0.2) is 48.5 Å². The van der Waals surface area contributed by atoms with Crippen LogP contribution in [-0.4, -0.2) is 23.6 Å². The average Bonchev–Trinajstić information content (AvgIpc) is 3.36. The maximum Gasteiger partial charge on any atom is 0.339 e. The lowest BCUT2D eigenvalue weighted by Gasteiger charge is -2.14. The number of methoxy groups -OCH3 is 1. The second-order valence-corrected chi connectivity index (χ2v) is 7.84. The Bertz CT molecular complexity index is 1070. The molecule has 0 unspecified atom stereocenters. The summed E-state index contributed by atoms with van der Waals surface area (Å²) in [6.07, 6.45) is 1.86. The zero-order valence-corrected chi connectivity index (χ0v) is 16.5. The predicted molar refractivity (Wildman–Crippen MR) is 109 cm³/mol. The molecule has 4 rings (SSSR count). The highest BCUT2D eigenvalue weighted by molar-refractivity contribution is 6.34. The molecule has 144 valence electrons. The molecule has 1 fully saturated rings. The van der Waals surface area contributed by atoms with Gasteiger partial charge in [-0.2, -0.15) is 0 Å². The van der Waals surface area contributed by atoms with Crippen LogP contribution in [0.4, 0.5) is 0 Å². The second kappa shape index (κ2) is 6.99. The number of fused-ring (bicyclic) bond motifs is 1. The minimum Gasteiger partial charge on any atom is -0.465 e. The largest absolute Gasteiger partial charge is 0.465 e. The van der Waals surface area contributed by atoms with E-state index in [1.807, 2.05) is 47.9 Å². The monoisotopic (exact) mass is 396 g/mol. The Labute approximate surface area is 168 Å². The van der Waals surface area contributed by atoms with Crippen LogP contribution in [0.5, 0.6) is 0 Å². The van der Waals surface area contributed by atoms with E-state index < -0.39 is 5.97 Å². The number of hydrogen-bond donors (Lipinski definition) is 1. The van der Waals surface area contributed by atoms with Gasteiger partial charge in [-0.25, -0.2) is 4.79 Å². The van der Waals surface area contributed by atoms with E-state index in [0.717, 1.165) is 35.1 Å². The smallest absolute Gasteiger partial charge is 0.339 e. The summed E-state index contributed by atoms with van der Waals surface area (Å²) < 4.78 is 6.89. The van der Waals surface area contributed by atoms with Crippen LogP contribution in [0.3, 0.4) is 0 Å². The molecule has 5 nitrogen and oxygen atoms in total. The molecule has 1 N–H and O–H groups in total. The maximum absolute atomic E-state index is 12.4. The number of ether oxygens (including phenoxy) is 1. The lowest BCUT2D eigenvalue weighted by atomic mass is 10.1. The van der Waals surface area contributed by atoms with Gasteiger partial charge in [0.15, 0.2) is 0 Å². The van der Waals surface area contributed by atoms with Crippen molar-refractivity contribution in [3.05, 3.63) is 64.8 Å². The van der Waals surface area contributed by atoms with Crippen molar-refractivity contribution in [1.82, 2.24) is 9.88 Å². The summed E-state index contributed by atoms with van der Waals surface area (Å²) in [7, 11) is 1.33. The third-order valence-electron chi connectivity index (χ3n) is 5.36. The van der Waals surface area contributed by atoms with E-state index in [4.69, 9.17) is 16.3 Å². The number of benzene rings is 2. The fourth-order valence-corrected chi connectivity index (χ4v) is 3.61. The molecule has 0 radical (unpaired) electrons. The van der Waals surface area contributed by atoms with E-state index in [1.165, 1.54) is 7.11 Å². The molecule has 0 atom stereocenters. The summed E-state index contributed by atoms with van der Waals surface area (Å²) in [5.74, 6) is -0.408. The lowest BCUT2D eigenvalue weighted by molar-refractivity contribution is -0.125. The zero-order chi connectivity index (χ0) is 19.9. The summed E-state index contributed by atoms with van der Waals surface area (Å²) in [5, 5.41) is 4.28. The van der Waals surface area contributed by atoms with Crippen molar-refractivity contribution >= 4 is 34.4 Å². The molecule has 3 aromatic rings. The van der Waals surface area contributed by atoms with Gasteiger partial charge in [0.25, 0.3) is 0 Å². The number of nitrogens with zero attached hydrogens (tertiary/aromatic N) is 1. The first kappa shape index (κ1) is 18.6. The number of carbonyl (C=O) groups excluding carboxylic acids is 2. The highest BCUT2D eigenvalue weighted by Crippen LogP contribution is 2.45. The third-order valence-corrected chi connectivity index (χ3v) is 5.68. The lowest BCUT2D eigenvalue weighted by Crippen LogP contribution is -2.30. The molecule has 0 aliphatic heterocycles. The second-order valence-electron chi connectivity index (χ2n) is 7.43. The summed E-state index contributed by atoms with van der Waals surface area (Å²) in [5.41, 5.74) is 2.77. The highest BCUT2D eigenvalue weighted by atomic mass is 35.5. The first-order chi connectivity index (χ1) is 13.4. The van der Waals surface area contributed by atoms with Crippen LogP contribution >= 0.6 is 11.6 Å². The summed E-state index contributed by atoms with van der Waals surface area (Å²) in [6.45, 7) is 2.38. The molecule has 1 aliphatic rings. The summed E-state index contributed by atoms with van der Waals surface area (Å²) in [6, 6.07) is 15.3. The normalized spacial score (nSPS) is 14.7. The molecule has 1 aromatic heterocycles. The number of nitrogens with one attached hydrogen (secondary N) is 1. The highest BCUT2D eigenvalue weighted by Gasteiger charge is 2.44. The van der Waals surface area contributed by atoms with E-state index in [0.29, 0.717) is 17.1 Å². The van der Waals surface area contributed by atoms with Gasteiger partial charge in [0, 0.05) is 22.2 Å². The number of halogens is 1. The van der Waals surface area contributed by atoms with Gasteiger partial charge in [-0.05, 0) is 43.2 Å². The molecule has 1 heterocycles. The van der Waals surface area contributed by atoms with Gasteiger partial charge in [-0.3, -0.25) is 4.79 Å². The fourth-order valence-electron chi connectivity index (χ4n) is 3.36. The van der Waals surface area contributed by atoms with Crippen LogP contribution in [0, 0.1) is 5.41 Å². The zero-order valence-electron chi connectivity index (χ0n) is 15.8. The first-order valence-electron chi connectivity index (χ1n) is 9.19. The van der Waals surface area contributed by atoms with Gasteiger partial charge in [0.2, 0.25) is 5.91 Å². The van der Waals surface area contributed by atoms with Crippen LogP contribution in [0.2, 0.25) is 5.02 Å². The molecule has 6 heteroatoms. The number of amides is 1. The molecule has 28 heavy (non-hydrogen) atoms. The van der Waals surface area contributed by atoms with E-state index in [2.05, 4.69) is 5.32 Å². The Morgan fingerprint density at radius 2 is 1.89 bits per heavy atom. The Kier molecular flexibility index (Phi) is 4.63. The van der Waals surface area contributed by atoms with Gasteiger partial charge in [-0.1, -0.05) is 36.7 Å². The number of rotatable bonds is 5. The first-order valence-corrected chi connectivity index (χ1v) is 9.57. The number of aromatic nitrogens is 1. The Balaban J connectivity index is 1.81. The maximum atomic E-state index is 12.4. The molecular formula is C22H21ClN2O3. The van der Waals surface area contributed by atoms with E-state index in [-0.39, 0.29) is 11.3 Å². The molecular weight excluding hydrogens is 376 g/mol. The molecule has 1 aliphatic carbocycles. The quantitative estimate of drug-likeness (QED) is 0.646. The van der Waals surface area contributed by atoms with Crippen molar-refractivity contribution < 1.29 is 14.3 Å². The van der Waals surface area contributed by atoms with Crippen molar-refractivity contribution in [3.63, 3.8) is 0 Å². The van der Waals surface area contributed by atoms with Gasteiger partial charge < -0.3 is 14.6 Å². The van der Waals surface area contributed by atoms with Crippen LogP contribution in [0.25, 0.3) is 16.6 Å². The van der Waals surface area contributed by atoms with Crippen molar-refractivity contribution in [2.45, 2.75) is 26.3 Å². The molecule has 0 bridgehead atoms. The van der Waals surface area contributed by atoms with Gasteiger partial charge in [-0.15, -0.1) is 0 Å². The molecule has 0 spiro atoms. The molecule has 2 aromatic carbocycles. The van der Waals surface area contributed by atoms with Crippen molar-refractivity contribution in [1.29, 1.82) is 0 Å². The van der Waals surface area contributed by atoms with Crippen LogP contribution in [-0.2, 0) is 16.1 Å².